The molecule has 47 heavy (non-hydrogen) atoms. The number of aromatic nitrogens is 5. The van der Waals surface area contributed by atoms with Crippen molar-refractivity contribution in [1.82, 2.24) is 35.2 Å². The molecule has 8 rings (SSSR count). The van der Waals surface area contributed by atoms with Crippen molar-refractivity contribution in [1.29, 1.82) is 0 Å². The van der Waals surface area contributed by atoms with Crippen molar-refractivity contribution in [2.24, 2.45) is 17.3 Å². The van der Waals surface area contributed by atoms with Gasteiger partial charge < -0.3 is 14.4 Å². The van der Waals surface area contributed by atoms with Gasteiger partial charge in [0.1, 0.15) is 23.6 Å². The SMILES string of the molecule is COC1(C)CCN(C2CC([C@H](C(C)C)N3CC4(CCN(c5ncnnc5Oc5ccc(F)cc5-c5nnccc5C5CC5)C4)C3)C2)C1. The lowest BCUT2D eigenvalue weighted by Crippen LogP contribution is -2.65. The fourth-order valence-corrected chi connectivity index (χ4v) is 9.01. The van der Waals surface area contributed by atoms with Crippen molar-refractivity contribution in [3.8, 4) is 22.9 Å². The predicted octanol–water partition coefficient (Wildman–Crippen LogP) is 5.56. The predicted molar refractivity (Wildman–Crippen MR) is 177 cm³/mol. The van der Waals surface area contributed by atoms with Gasteiger partial charge in [0.05, 0.1) is 5.60 Å². The van der Waals surface area contributed by atoms with Crippen molar-refractivity contribution < 1.29 is 13.9 Å². The maximum Gasteiger partial charge on any atom is 0.282 e. The van der Waals surface area contributed by atoms with Crippen LogP contribution in [0.2, 0.25) is 0 Å². The summed E-state index contributed by atoms with van der Waals surface area (Å²) in [7, 11) is 1.85. The number of likely N-dealkylation sites (tertiary alicyclic amines) is 2. The quantitative estimate of drug-likeness (QED) is 0.280. The Morgan fingerprint density at radius 2 is 1.81 bits per heavy atom. The molecule has 5 aliphatic rings. The Balaban J connectivity index is 0.938. The minimum Gasteiger partial charge on any atom is -0.434 e. The molecule has 2 saturated carbocycles. The van der Waals surface area contributed by atoms with E-state index in [2.05, 4.69) is 60.8 Å². The minimum absolute atomic E-state index is 0.0162. The zero-order chi connectivity index (χ0) is 32.3. The van der Waals surface area contributed by atoms with Gasteiger partial charge in [0.15, 0.2) is 5.82 Å². The largest absolute Gasteiger partial charge is 0.434 e. The van der Waals surface area contributed by atoms with Crippen LogP contribution in [0.15, 0.2) is 36.8 Å². The molecule has 5 fully saturated rings. The number of halogens is 1. The highest BCUT2D eigenvalue weighted by Crippen LogP contribution is 2.49. The van der Waals surface area contributed by atoms with Gasteiger partial charge in [-0.25, -0.2) is 9.37 Å². The lowest BCUT2D eigenvalue weighted by molar-refractivity contribution is -0.0806. The molecule has 10 nitrogen and oxygen atoms in total. The highest BCUT2D eigenvalue weighted by Gasteiger charge is 2.53. The first kappa shape index (κ1) is 31.0. The van der Waals surface area contributed by atoms with Crippen molar-refractivity contribution in [2.45, 2.75) is 82.9 Å². The summed E-state index contributed by atoms with van der Waals surface area (Å²) in [6.45, 7) is 13.3. The van der Waals surface area contributed by atoms with E-state index in [4.69, 9.17) is 9.47 Å². The molecule has 3 saturated heterocycles. The summed E-state index contributed by atoms with van der Waals surface area (Å²) in [5.74, 6) is 2.95. The van der Waals surface area contributed by atoms with Crippen LogP contribution in [-0.2, 0) is 4.74 Å². The first-order valence-corrected chi connectivity index (χ1v) is 17.5. The summed E-state index contributed by atoms with van der Waals surface area (Å²) in [5, 5.41) is 17.0. The molecule has 11 heteroatoms. The van der Waals surface area contributed by atoms with Crippen LogP contribution < -0.4 is 9.64 Å². The van der Waals surface area contributed by atoms with Crippen molar-refractivity contribution in [3.05, 3.63) is 48.2 Å². The van der Waals surface area contributed by atoms with Crippen LogP contribution >= 0.6 is 0 Å². The van der Waals surface area contributed by atoms with Gasteiger partial charge in [-0.3, -0.25) is 9.80 Å². The number of methoxy groups -OCH3 is 1. The molecule has 0 amide bonds. The monoisotopic (exact) mass is 642 g/mol. The molecule has 3 aromatic rings. The Bertz CT molecular complexity index is 1610. The van der Waals surface area contributed by atoms with E-state index in [9.17, 15) is 4.39 Å². The fraction of sp³-hybridized carbons (Fsp3) is 0.639. The number of ether oxygens (including phenoxy) is 2. The molecule has 3 aliphatic heterocycles. The van der Waals surface area contributed by atoms with Crippen molar-refractivity contribution >= 4 is 5.82 Å². The minimum atomic E-state index is -0.351. The summed E-state index contributed by atoms with van der Waals surface area (Å²) in [6, 6.07) is 7.82. The van der Waals surface area contributed by atoms with Gasteiger partial charge in [0, 0.05) is 75.6 Å². The average Bonchev–Trinajstić information content (AvgIpc) is 3.67. The highest BCUT2D eigenvalue weighted by atomic mass is 19.1. The average molecular weight is 643 g/mol. The number of hydrogen-bond acceptors (Lipinski definition) is 10. The normalized spacial score (nSPS) is 28.1. The van der Waals surface area contributed by atoms with E-state index in [-0.39, 0.29) is 16.8 Å². The molecule has 2 atom stereocenters. The third kappa shape index (κ3) is 5.88. The van der Waals surface area contributed by atoms with Crippen LogP contribution in [0.4, 0.5) is 10.2 Å². The van der Waals surface area contributed by atoms with Crippen LogP contribution in [0.1, 0.15) is 70.8 Å². The van der Waals surface area contributed by atoms with Crippen LogP contribution in [-0.4, -0.2) is 99.2 Å². The number of rotatable bonds is 10. The highest BCUT2D eigenvalue weighted by molar-refractivity contribution is 5.71. The molecule has 250 valence electrons. The van der Waals surface area contributed by atoms with Gasteiger partial charge in [0.25, 0.3) is 5.88 Å². The van der Waals surface area contributed by atoms with Gasteiger partial charge in [-0.2, -0.15) is 10.2 Å². The van der Waals surface area contributed by atoms with Gasteiger partial charge in [-0.15, -0.1) is 10.2 Å². The standard InChI is InChI=1S/C36H47FN8O2/c1-23(2)32(25-15-27(16-25)43-13-10-35(3,18-43)46-4)45-20-36(21-45)11-14-44(19-36)33-34(42-40-22-38-33)47-30-8-7-26(37)17-29(30)31-28(24-5-6-24)9-12-39-41-31/h7-9,12,17,22-25,27,32H,5-6,10-11,13-16,18-21H2,1-4H3/t25?,27?,32-,35?/m0/s1. The van der Waals surface area contributed by atoms with E-state index in [1.807, 2.05) is 13.2 Å². The third-order valence-electron chi connectivity index (χ3n) is 11.8. The van der Waals surface area contributed by atoms with Crippen LogP contribution in [0.25, 0.3) is 11.3 Å². The number of nitrogens with zero attached hydrogens (tertiary/aromatic N) is 8. The van der Waals surface area contributed by atoms with Gasteiger partial charge in [-0.1, -0.05) is 13.8 Å². The number of benzene rings is 1. The molecule has 2 aromatic heterocycles. The first-order chi connectivity index (χ1) is 22.7. The Morgan fingerprint density at radius 3 is 2.55 bits per heavy atom. The summed E-state index contributed by atoms with van der Waals surface area (Å²) in [5.41, 5.74) is 2.56. The molecule has 0 radical (unpaired) electrons. The molecular formula is C36H47FN8O2. The second-order valence-corrected chi connectivity index (χ2v) is 15.5. The van der Waals surface area contributed by atoms with Crippen LogP contribution in [0.5, 0.6) is 11.6 Å². The second kappa shape index (κ2) is 12.0. The summed E-state index contributed by atoms with van der Waals surface area (Å²) in [4.78, 5) is 12.4. The molecule has 1 spiro atoms. The maximum absolute atomic E-state index is 14.6. The molecule has 0 N–H and O–H groups in total. The number of anilines is 1. The van der Waals surface area contributed by atoms with Crippen LogP contribution in [0, 0.1) is 23.1 Å². The van der Waals surface area contributed by atoms with Gasteiger partial charge >= 0.3 is 0 Å². The Morgan fingerprint density at radius 1 is 0.979 bits per heavy atom. The van der Waals surface area contributed by atoms with E-state index >= 15 is 0 Å². The van der Waals surface area contributed by atoms with E-state index in [1.54, 1.807) is 12.3 Å². The summed E-state index contributed by atoms with van der Waals surface area (Å²) < 4.78 is 26.8. The van der Waals surface area contributed by atoms with Crippen molar-refractivity contribution in [2.75, 3.05) is 51.3 Å². The second-order valence-electron chi connectivity index (χ2n) is 15.5. The first-order valence-electron chi connectivity index (χ1n) is 17.5. The molecule has 0 bridgehead atoms. The molecule has 1 aromatic carbocycles. The summed E-state index contributed by atoms with van der Waals surface area (Å²) in [6.07, 6.45) is 10.2. The molecular weight excluding hydrogens is 595 g/mol. The van der Waals surface area contributed by atoms with Gasteiger partial charge in [-0.05, 0) is 93.0 Å². The third-order valence-corrected chi connectivity index (χ3v) is 11.8. The van der Waals surface area contributed by atoms with Crippen molar-refractivity contribution in [3.63, 3.8) is 0 Å². The molecule has 1 unspecified atom stereocenters. The Kier molecular flexibility index (Phi) is 7.92. The van der Waals surface area contributed by atoms with E-state index in [1.165, 1.54) is 31.3 Å². The van der Waals surface area contributed by atoms with Crippen LogP contribution in [0.3, 0.4) is 0 Å². The summed E-state index contributed by atoms with van der Waals surface area (Å²) >= 11 is 0. The zero-order valence-corrected chi connectivity index (χ0v) is 28.1. The lowest BCUT2D eigenvalue weighted by Gasteiger charge is -2.57. The van der Waals surface area contributed by atoms with E-state index < -0.39 is 0 Å². The molecule has 5 heterocycles. The Labute approximate surface area is 277 Å². The molecule has 2 aliphatic carbocycles. The van der Waals surface area contributed by atoms with E-state index in [0.717, 1.165) is 76.4 Å². The zero-order valence-electron chi connectivity index (χ0n) is 28.1. The lowest BCUT2D eigenvalue weighted by atomic mass is 9.68. The topological polar surface area (TPSA) is 92.6 Å². The smallest absolute Gasteiger partial charge is 0.282 e. The maximum atomic E-state index is 14.6. The van der Waals surface area contributed by atoms with E-state index in [0.29, 0.717) is 52.6 Å². The Hall–Kier alpha value is -3.28. The number of hydrogen-bond donors (Lipinski definition) is 0. The fourth-order valence-electron chi connectivity index (χ4n) is 9.01. The van der Waals surface area contributed by atoms with Gasteiger partial charge in [0.2, 0.25) is 0 Å².